The van der Waals surface area contributed by atoms with Crippen LogP contribution < -0.4 is 0 Å². The third kappa shape index (κ3) is 4.86. The summed E-state index contributed by atoms with van der Waals surface area (Å²) in [5.41, 5.74) is 0.0343. The van der Waals surface area contributed by atoms with Crippen LogP contribution in [0.25, 0.3) is 0 Å². The van der Waals surface area contributed by atoms with Crippen LogP contribution in [0.5, 0.6) is 0 Å². The minimum Gasteiger partial charge on any atom is -0.393 e. The molecule has 0 aromatic heterocycles. The highest BCUT2D eigenvalue weighted by molar-refractivity contribution is 7.89. The number of hydrogen-bond acceptors (Lipinski definition) is 3. The molecule has 1 heterocycles. The topological polar surface area (TPSA) is 57.6 Å². The maximum absolute atomic E-state index is 12.2. The van der Waals surface area contributed by atoms with Crippen molar-refractivity contribution in [2.45, 2.75) is 53.1 Å². The Morgan fingerprint density at radius 2 is 2.00 bits per heavy atom. The van der Waals surface area contributed by atoms with E-state index < -0.39 is 16.1 Å². The molecular formula is C13H27NO3S. The molecule has 1 aliphatic heterocycles. The second-order valence-corrected chi connectivity index (χ2v) is 8.72. The number of sulfonamides is 1. The Morgan fingerprint density at radius 3 is 2.50 bits per heavy atom. The van der Waals surface area contributed by atoms with Crippen molar-refractivity contribution < 1.29 is 13.5 Å². The Balaban J connectivity index is 2.62. The Hall–Kier alpha value is -0.130. The van der Waals surface area contributed by atoms with Gasteiger partial charge in [0.25, 0.3) is 0 Å². The van der Waals surface area contributed by atoms with Crippen LogP contribution in [0.1, 0.15) is 47.0 Å². The lowest BCUT2D eigenvalue weighted by molar-refractivity contribution is 0.0884. The summed E-state index contributed by atoms with van der Waals surface area (Å²) in [5, 5.41) is 9.60. The summed E-state index contributed by atoms with van der Waals surface area (Å²) >= 11 is 0. The van der Waals surface area contributed by atoms with Crippen molar-refractivity contribution >= 4 is 10.0 Å². The van der Waals surface area contributed by atoms with E-state index in [0.717, 1.165) is 12.8 Å². The molecule has 4 nitrogen and oxygen atoms in total. The lowest BCUT2D eigenvalue weighted by Gasteiger charge is -2.33. The molecule has 1 aliphatic rings. The predicted octanol–water partition coefficient (Wildman–Crippen LogP) is 1.85. The van der Waals surface area contributed by atoms with Gasteiger partial charge in [-0.25, -0.2) is 12.7 Å². The van der Waals surface area contributed by atoms with Gasteiger partial charge in [-0.05, 0) is 37.5 Å². The molecule has 0 amide bonds. The molecular weight excluding hydrogens is 250 g/mol. The highest BCUT2D eigenvalue weighted by Gasteiger charge is 2.31. The van der Waals surface area contributed by atoms with E-state index in [-0.39, 0.29) is 17.1 Å². The van der Waals surface area contributed by atoms with Crippen molar-refractivity contribution in [2.24, 2.45) is 11.3 Å². The number of aliphatic hydroxyl groups is 1. The molecule has 0 saturated carbocycles. The maximum atomic E-state index is 12.2. The first-order valence-electron chi connectivity index (χ1n) is 6.78. The molecule has 0 bridgehead atoms. The fourth-order valence-corrected chi connectivity index (χ4v) is 4.14. The van der Waals surface area contributed by atoms with E-state index in [2.05, 4.69) is 20.8 Å². The molecule has 0 spiro atoms. The summed E-state index contributed by atoms with van der Waals surface area (Å²) in [5.74, 6) is 0.298. The molecule has 1 saturated heterocycles. The van der Waals surface area contributed by atoms with E-state index in [4.69, 9.17) is 0 Å². The molecule has 1 fully saturated rings. The lowest BCUT2D eigenvalue weighted by Crippen LogP contribution is -2.44. The van der Waals surface area contributed by atoms with Crippen LogP contribution >= 0.6 is 0 Å². The molecule has 108 valence electrons. The average Bonchev–Trinajstić information content (AvgIpc) is 2.26. The first kappa shape index (κ1) is 15.9. The lowest BCUT2D eigenvalue weighted by atomic mass is 9.94. The zero-order chi connectivity index (χ0) is 14.0. The van der Waals surface area contributed by atoms with Crippen LogP contribution in [0.4, 0.5) is 0 Å². The molecule has 0 aliphatic carbocycles. The summed E-state index contributed by atoms with van der Waals surface area (Å²) in [7, 11) is -3.16. The monoisotopic (exact) mass is 277 g/mol. The first-order chi connectivity index (χ1) is 8.12. The third-order valence-electron chi connectivity index (χ3n) is 3.61. The Kier molecular flexibility index (Phi) is 5.21. The summed E-state index contributed by atoms with van der Waals surface area (Å²) in [4.78, 5) is 0. The van der Waals surface area contributed by atoms with Gasteiger partial charge in [-0.2, -0.15) is 0 Å². The Bertz CT molecular complexity index is 357. The standard InChI is InChI=1S/C13H27NO3S/c1-11(15)12-6-5-8-14(10-12)18(16,17)9-7-13(2,3)4/h11-12,15H,5-10H2,1-4H3. The third-order valence-corrected chi connectivity index (χ3v) is 5.44. The van der Waals surface area contributed by atoms with Gasteiger partial charge in [-0.1, -0.05) is 20.8 Å². The normalized spacial score (nSPS) is 25.1. The van der Waals surface area contributed by atoms with Gasteiger partial charge in [-0.15, -0.1) is 0 Å². The molecule has 0 aromatic carbocycles. The predicted molar refractivity (Wildman–Crippen MR) is 73.8 cm³/mol. The van der Waals surface area contributed by atoms with Crippen molar-refractivity contribution in [3.63, 3.8) is 0 Å². The van der Waals surface area contributed by atoms with E-state index in [1.54, 1.807) is 11.2 Å². The van der Waals surface area contributed by atoms with Crippen molar-refractivity contribution in [1.29, 1.82) is 0 Å². The van der Waals surface area contributed by atoms with Gasteiger partial charge in [0.15, 0.2) is 0 Å². The molecule has 18 heavy (non-hydrogen) atoms. The quantitative estimate of drug-likeness (QED) is 0.853. The van der Waals surface area contributed by atoms with Gasteiger partial charge in [0.2, 0.25) is 10.0 Å². The van der Waals surface area contributed by atoms with Crippen LogP contribution in [0.3, 0.4) is 0 Å². The zero-order valence-electron chi connectivity index (χ0n) is 12.0. The van der Waals surface area contributed by atoms with Crippen LogP contribution in [-0.2, 0) is 10.0 Å². The fourth-order valence-electron chi connectivity index (χ4n) is 2.18. The molecule has 0 aromatic rings. The van der Waals surface area contributed by atoms with Crippen LogP contribution in [-0.4, -0.2) is 42.8 Å². The first-order valence-corrected chi connectivity index (χ1v) is 8.39. The molecule has 5 heteroatoms. The minimum atomic E-state index is -3.16. The van der Waals surface area contributed by atoms with Gasteiger partial charge in [-0.3, -0.25) is 0 Å². The second-order valence-electron chi connectivity index (χ2n) is 6.63. The summed E-state index contributed by atoms with van der Waals surface area (Å²) in [6.45, 7) is 8.99. The van der Waals surface area contributed by atoms with Gasteiger partial charge in [0.05, 0.1) is 11.9 Å². The van der Waals surface area contributed by atoms with E-state index in [0.29, 0.717) is 19.5 Å². The largest absolute Gasteiger partial charge is 0.393 e. The van der Waals surface area contributed by atoms with E-state index >= 15 is 0 Å². The van der Waals surface area contributed by atoms with Crippen molar-refractivity contribution in [3.8, 4) is 0 Å². The molecule has 2 atom stereocenters. The van der Waals surface area contributed by atoms with E-state index in [1.807, 2.05) is 0 Å². The Morgan fingerprint density at radius 1 is 1.39 bits per heavy atom. The van der Waals surface area contributed by atoms with Gasteiger partial charge >= 0.3 is 0 Å². The average molecular weight is 277 g/mol. The van der Waals surface area contributed by atoms with Crippen molar-refractivity contribution in [1.82, 2.24) is 4.31 Å². The van der Waals surface area contributed by atoms with Crippen molar-refractivity contribution in [3.05, 3.63) is 0 Å². The second kappa shape index (κ2) is 5.88. The minimum absolute atomic E-state index is 0.0343. The van der Waals surface area contributed by atoms with E-state index in [9.17, 15) is 13.5 Å². The number of rotatable bonds is 4. The highest BCUT2D eigenvalue weighted by atomic mass is 32.2. The maximum Gasteiger partial charge on any atom is 0.214 e. The number of hydrogen-bond donors (Lipinski definition) is 1. The zero-order valence-corrected chi connectivity index (χ0v) is 12.8. The van der Waals surface area contributed by atoms with Crippen LogP contribution in [0.15, 0.2) is 0 Å². The molecule has 1 N–H and O–H groups in total. The van der Waals surface area contributed by atoms with Gasteiger partial charge in [0.1, 0.15) is 0 Å². The highest BCUT2D eigenvalue weighted by Crippen LogP contribution is 2.25. The summed E-state index contributed by atoms with van der Waals surface area (Å²) in [6.07, 6.45) is 2.02. The Labute approximate surface area is 111 Å². The number of piperidine rings is 1. The van der Waals surface area contributed by atoms with Crippen LogP contribution in [0, 0.1) is 11.3 Å². The SMILES string of the molecule is CC(O)C1CCCN(S(=O)(=O)CCC(C)(C)C)C1. The van der Waals surface area contributed by atoms with Gasteiger partial charge in [0, 0.05) is 13.1 Å². The summed E-state index contributed by atoms with van der Waals surface area (Å²) in [6, 6.07) is 0. The van der Waals surface area contributed by atoms with E-state index in [1.165, 1.54) is 0 Å². The smallest absolute Gasteiger partial charge is 0.214 e. The summed E-state index contributed by atoms with van der Waals surface area (Å²) < 4.78 is 26.1. The molecule has 2 unspecified atom stereocenters. The van der Waals surface area contributed by atoms with Crippen molar-refractivity contribution in [2.75, 3.05) is 18.8 Å². The number of nitrogens with zero attached hydrogens (tertiary/aromatic N) is 1. The fraction of sp³-hybridized carbons (Fsp3) is 1.00. The molecule has 0 radical (unpaired) electrons. The molecule has 1 rings (SSSR count). The number of aliphatic hydroxyl groups excluding tert-OH is 1. The van der Waals surface area contributed by atoms with Gasteiger partial charge < -0.3 is 5.11 Å². The van der Waals surface area contributed by atoms with Crippen LogP contribution in [0.2, 0.25) is 0 Å².